The lowest BCUT2D eigenvalue weighted by Gasteiger charge is -2.12. The lowest BCUT2D eigenvalue weighted by Crippen LogP contribution is -2.17. The molecule has 0 atom stereocenters. The molecule has 8 heteroatoms. The topological polar surface area (TPSA) is 87.0 Å². The molecule has 0 radical (unpaired) electrons. The summed E-state index contributed by atoms with van der Waals surface area (Å²) in [7, 11) is -4.27. The van der Waals surface area contributed by atoms with Crippen molar-refractivity contribution in [3.8, 4) is 6.07 Å². The maximum atomic E-state index is 14.0. The number of carbonyl (C=O) groups is 1. The van der Waals surface area contributed by atoms with Crippen LogP contribution in [-0.4, -0.2) is 14.2 Å². The van der Waals surface area contributed by atoms with Gasteiger partial charge >= 0.3 is 0 Å². The Morgan fingerprint density at radius 3 is 2.21 bits per heavy atom. The predicted molar refractivity (Wildman–Crippen MR) is 83.1 cm³/mol. The van der Waals surface area contributed by atoms with Crippen LogP contribution in [0.5, 0.6) is 0 Å². The Kier molecular flexibility index (Phi) is 4.66. The summed E-state index contributed by atoms with van der Waals surface area (Å²) in [4.78, 5) is 11.0. The zero-order chi connectivity index (χ0) is 18.1. The van der Waals surface area contributed by atoms with Gasteiger partial charge in [0.15, 0.2) is 17.4 Å². The first kappa shape index (κ1) is 17.6. The molecule has 0 spiro atoms. The van der Waals surface area contributed by atoms with Crippen molar-refractivity contribution in [2.45, 2.75) is 18.7 Å². The molecule has 0 fully saturated rings. The molecule has 0 saturated heterocycles. The molecule has 0 heterocycles. The van der Waals surface area contributed by atoms with E-state index in [0.717, 1.165) is 19.1 Å². The van der Waals surface area contributed by atoms with E-state index in [0.29, 0.717) is 0 Å². The Hall–Kier alpha value is -2.79. The van der Waals surface area contributed by atoms with E-state index in [4.69, 9.17) is 5.26 Å². The minimum Gasteiger partial charge on any atom is -0.295 e. The highest BCUT2D eigenvalue weighted by Gasteiger charge is 2.22. The van der Waals surface area contributed by atoms with Crippen molar-refractivity contribution in [3.63, 3.8) is 0 Å². The molecule has 2 aromatic carbocycles. The van der Waals surface area contributed by atoms with E-state index < -0.39 is 33.1 Å². The SMILES string of the molecule is CC(=O)c1cc(F)c(NS(=O)(=O)c2ccc(C#N)cc2C)c(F)c1. The third-order valence-corrected chi connectivity index (χ3v) is 4.79. The van der Waals surface area contributed by atoms with Gasteiger partial charge in [0.1, 0.15) is 5.69 Å². The number of benzene rings is 2. The minimum absolute atomic E-state index is 0.206. The molecule has 0 amide bonds. The fourth-order valence-corrected chi connectivity index (χ4v) is 3.39. The van der Waals surface area contributed by atoms with Crippen LogP contribution in [0.2, 0.25) is 0 Å². The van der Waals surface area contributed by atoms with Crippen LogP contribution in [-0.2, 0) is 10.0 Å². The van der Waals surface area contributed by atoms with Crippen molar-refractivity contribution in [3.05, 3.63) is 58.7 Å². The van der Waals surface area contributed by atoms with E-state index in [1.165, 1.54) is 25.1 Å². The van der Waals surface area contributed by atoms with Crippen LogP contribution in [0.25, 0.3) is 0 Å². The van der Waals surface area contributed by atoms with Gasteiger partial charge in [0.25, 0.3) is 10.0 Å². The van der Waals surface area contributed by atoms with Gasteiger partial charge in [0, 0.05) is 5.56 Å². The summed E-state index contributed by atoms with van der Waals surface area (Å²) >= 11 is 0. The van der Waals surface area contributed by atoms with Crippen molar-refractivity contribution in [1.82, 2.24) is 0 Å². The Labute approximate surface area is 137 Å². The zero-order valence-corrected chi connectivity index (χ0v) is 13.5. The highest BCUT2D eigenvalue weighted by molar-refractivity contribution is 7.92. The van der Waals surface area contributed by atoms with Crippen molar-refractivity contribution >= 4 is 21.5 Å². The van der Waals surface area contributed by atoms with Gasteiger partial charge in [0.05, 0.1) is 16.5 Å². The number of aryl methyl sites for hydroxylation is 1. The Morgan fingerprint density at radius 2 is 1.75 bits per heavy atom. The second kappa shape index (κ2) is 6.37. The fraction of sp³-hybridized carbons (Fsp3) is 0.125. The van der Waals surface area contributed by atoms with Crippen LogP contribution < -0.4 is 4.72 Å². The summed E-state index contributed by atoms with van der Waals surface area (Å²) in [5.41, 5.74) is -0.566. The first-order valence-electron chi connectivity index (χ1n) is 6.69. The van der Waals surface area contributed by atoms with Crippen molar-refractivity contribution in [2.24, 2.45) is 0 Å². The maximum absolute atomic E-state index is 14.0. The van der Waals surface area contributed by atoms with E-state index in [1.807, 2.05) is 10.8 Å². The average Bonchev–Trinajstić information content (AvgIpc) is 2.50. The smallest absolute Gasteiger partial charge is 0.262 e. The van der Waals surface area contributed by atoms with Crippen LogP contribution in [0.15, 0.2) is 35.2 Å². The van der Waals surface area contributed by atoms with Crippen LogP contribution in [0.4, 0.5) is 14.5 Å². The molecule has 0 bridgehead atoms. The Bertz CT molecular complexity index is 956. The highest BCUT2D eigenvalue weighted by atomic mass is 32.2. The highest BCUT2D eigenvalue weighted by Crippen LogP contribution is 2.26. The van der Waals surface area contributed by atoms with Crippen LogP contribution in [0, 0.1) is 29.9 Å². The number of Topliss-reactive ketones (excluding diaryl/α,β-unsaturated/α-hetero) is 1. The number of nitriles is 1. The van der Waals surface area contributed by atoms with Gasteiger partial charge in [-0.2, -0.15) is 5.26 Å². The molecule has 0 saturated carbocycles. The molecular formula is C16H12F2N2O3S. The number of ketones is 1. The third kappa shape index (κ3) is 3.41. The van der Waals surface area contributed by atoms with Gasteiger partial charge in [-0.1, -0.05) is 0 Å². The number of nitrogens with one attached hydrogen (secondary N) is 1. The molecule has 5 nitrogen and oxygen atoms in total. The molecular weight excluding hydrogens is 338 g/mol. The first-order chi connectivity index (χ1) is 11.2. The number of rotatable bonds is 4. The maximum Gasteiger partial charge on any atom is 0.262 e. The Morgan fingerprint density at radius 1 is 1.17 bits per heavy atom. The number of nitrogens with zero attached hydrogens (tertiary/aromatic N) is 1. The summed E-state index contributed by atoms with van der Waals surface area (Å²) in [5, 5.41) is 8.79. The second-order valence-electron chi connectivity index (χ2n) is 5.07. The van der Waals surface area contributed by atoms with E-state index in [-0.39, 0.29) is 21.6 Å². The molecule has 0 aliphatic rings. The molecule has 1 N–H and O–H groups in total. The average molecular weight is 350 g/mol. The third-order valence-electron chi connectivity index (χ3n) is 3.28. The standard InChI is InChI=1S/C16H12F2N2O3S/c1-9-5-11(8-19)3-4-15(9)24(22,23)20-16-13(17)6-12(10(2)21)7-14(16)18/h3-7,20H,1-2H3. The second-order valence-corrected chi connectivity index (χ2v) is 6.72. The normalized spacial score (nSPS) is 11.0. The summed E-state index contributed by atoms with van der Waals surface area (Å²) in [6.45, 7) is 2.60. The summed E-state index contributed by atoms with van der Waals surface area (Å²) < 4.78 is 54.5. The number of hydrogen-bond acceptors (Lipinski definition) is 4. The van der Waals surface area contributed by atoms with Gasteiger partial charge < -0.3 is 0 Å². The number of carbonyl (C=O) groups excluding carboxylic acids is 1. The van der Waals surface area contributed by atoms with Crippen molar-refractivity contribution in [1.29, 1.82) is 5.26 Å². The molecule has 0 aliphatic carbocycles. The summed E-state index contributed by atoms with van der Waals surface area (Å²) in [6, 6.07) is 7.19. The van der Waals surface area contributed by atoms with Crippen LogP contribution in [0.1, 0.15) is 28.4 Å². The van der Waals surface area contributed by atoms with Gasteiger partial charge in [-0.05, 0) is 49.7 Å². The lowest BCUT2D eigenvalue weighted by molar-refractivity contribution is 0.101. The number of sulfonamides is 1. The largest absolute Gasteiger partial charge is 0.295 e. The van der Waals surface area contributed by atoms with E-state index in [1.54, 1.807) is 0 Å². The van der Waals surface area contributed by atoms with Crippen LogP contribution >= 0.6 is 0 Å². The van der Waals surface area contributed by atoms with Crippen LogP contribution in [0.3, 0.4) is 0 Å². The molecule has 0 unspecified atom stereocenters. The number of anilines is 1. The summed E-state index contributed by atoms with van der Waals surface area (Å²) in [6.07, 6.45) is 0. The lowest BCUT2D eigenvalue weighted by atomic mass is 10.1. The van der Waals surface area contributed by atoms with Gasteiger partial charge in [-0.3, -0.25) is 9.52 Å². The quantitative estimate of drug-likeness (QED) is 0.858. The predicted octanol–water partition coefficient (Wildman–Crippen LogP) is 3.15. The monoisotopic (exact) mass is 350 g/mol. The van der Waals surface area contributed by atoms with E-state index >= 15 is 0 Å². The van der Waals surface area contributed by atoms with E-state index in [9.17, 15) is 22.0 Å². The minimum atomic E-state index is -4.27. The molecule has 0 aromatic heterocycles. The fourth-order valence-electron chi connectivity index (χ4n) is 2.08. The molecule has 2 rings (SSSR count). The molecule has 24 heavy (non-hydrogen) atoms. The van der Waals surface area contributed by atoms with Crippen molar-refractivity contribution in [2.75, 3.05) is 4.72 Å². The molecule has 2 aromatic rings. The zero-order valence-electron chi connectivity index (χ0n) is 12.7. The molecule has 124 valence electrons. The first-order valence-corrected chi connectivity index (χ1v) is 8.17. The number of halogens is 2. The number of hydrogen-bond donors (Lipinski definition) is 1. The van der Waals surface area contributed by atoms with Gasteiger partial charge in [0.2, 0.25) is 0 Å². The molecule has 0 aliphatic heterocycles. The van der Waals surface area contributed by atoms with Gasteiger partial charge in [-0.25, -0.2) is 17.2 Å². The Balaban J connectivity index is 2.47. The summed E-state index contributed by atoms with van der Waals surface area (Å²) in [5.74, 6) is -2.95. The van der Waals surface area contributed by atoms with E-state index in [2.05, 4.69) is 0 Å². The van der Waals surface area contributed by atoms with Gasteiger partial charge in [-0.15, -0.1) is 0 Å². The van der Waals surface area contributed by atoms with Crippen molar-refractivity contribution < 1.29 is 22.0 Å².